The molecule has 0 saturated carbocycles. The summed E-state index contributed by atoms with van der Waals surface area (Å²) in [5.41, 5.74) is -0.900. The van der Waals surface area contributed by atoms with E-state index in [0.29, 0.717) is 6.54 Å². The third kappa shape index (κ3) is 3.17. The van der Waals surface area contributed by atoms with E-state index in [1.54, 1.807) is 0 Å². The van der Waals surface area contributed by atoms with Crippen molar-refractivity contribution in [2.24, 2.45) is 0 Å². The van der Waals surface area contributed by atoms with Crippen molar-refractivity contribution in [3.63, 3.8) is 0 Å². The lowest BCUT2D eigenvalue weighted by Crippen LogP contribution is -2.49. The minimum atomic E-state index is -0.900. The maximum Gasteiger partial charge on any atom is 0.126 e. The molecule has 94 valence electrons. The van der Waals surface area contributed by atoms with E-state index in [0.717, 1.165) is 45.6 Å². The van der Waals surface area contributed by atoms with E-state index in [1.807, 2.05) is 0 Å². The van der Waals surface area contributed by atoms with Gasteiger partial charge in [-0.25, -0.2) is 4.39 Å². The van der Waals surface area contributed by atoms with Crippen LogP contribution in [0.1, 0.15) is 39.0 Å². The number of hydrogen-bond donors (Lipinski definition) is 0. The fraction of sp³-hybridized carbons (Fsp3) is 1.00. The molecule has 0 unspecified atom stereocenters. The van der Waals surface area contributed by atoms with Gasteiger partial charge in [-0.15, -0.1) is 0 Å². The number of piperidine rings is 2. The largest absolute Gasteiger partial charge is 0.303 e. The molecule has 0 amide bonds. The van der Waals surface area contributed by atoms with Gasteiger partial charge >= 0.3 is 0 Å². The van der Waals surface area contributed by atoms with Gasteiger partial charge in [0.05, 0.1) is 0 Å². The Kier molecular flexibility index (Phi) is 4.20. The van der Waals surface area contributed by atoms with E-state index >= 15 is 0 Å². The van der Waals surface area contributed by atoms with E-state index < -0.39 is 5.67 Å². The summed E-state index contributed by atoms with van der Waals surface area (Å²) in [5.74, 6) is 0. The summed E-state index contributed by atoms with van der Waals surface area (Å²) in [4.78, 5) is 4.69. The van der Waals surface area contributed by atoms with Crippen LogP contribution in [0.3, 0.4) is 0 Å². The Hall–Kier alpha value is -0.150. The second kappa shape index (κ2) is 5.46. The first kappa shape index (κ1) is 12.3. The quantitative estimate of drug-likeness (QED) is 0.731. The van der Waals surface area contributed by atoms with Crippen LogP contribution < -0.4 is 0 Å². The highest BCUT2D eigenvalue weighted by Gasteiger charge is 2.35. The first-order valence-corrected chi connectivity index (χ1v) is 6.85. The summed E-state index contributed by atoms with van der Waals surface area (Å²) in [6.45, 7) is 8.04. The molecule has 0 aromatic heterocycles. The van der Waals surface area contributed by atoms with Crippen LogP contribution in [0, 0.1) is 0 Å². The molecule has 2 aliphatic heterocycles. The maximum absolute atomic E-state index is 14.6. The molecular formula is C13H25FN2. The number of alkyl halides is 1. The molecule has 0 radical (unpaired) electrons. The smallest absolute Gasteiger partial charge is 0.126 e. The van der Waals surface area contributed by atoms with E-state index in [2.05, 4.69) is 16.7 Å². The van der Waals surface area contributed by atoms with Crippen LogP contribution in [0.15, 0.2) is 0 Å². The SMILES string of the molecule is CCN1CCC(F)(CN2CCCCC2)CC1. The second-order valence-corrected chi connectivity index (χ2v) is 5.42. The fourth-order valence-corrected chi connectivity index (χ4v) is 2.95. The van der Waals surface area contributed by atoms with Crippen molar-refractivity contribution in [2.75, 3.05) is 39.3 Å². The van der Waals surface area contributed by atoms with Crippen LogP contribution in [0.2, 0.25) is 0 Å². The average Bonchev–Trinajstić information content (AvgIpc) is 2.31. The van der Waals surface area contributed by atoms with Gasteiger partial charge in [-0.3, -0.25) is 0 Å². The normalized spacial score (nSPS) is 28.1. The molecule has 0 aromatic carbocycles. The zero-order chi connectivity index (χ0) is 11.4. The lowest BCUT2D eigenvalue weighted by Gasteiger charge is -2.39. The Labute approximate surface area is 98.8 Å². The average molecular weight is 228 g/mol. The molecule has 2 aliphatic rings. The molecule has 2 nitrogen and oxygen atoms in total. The summed E-state index contributed by atoms with van der Waals surface area (Å²) in [6.07, 6.45) is 5.32. The predicted molar refractivity (Wildman–Crippen MR) is 65.5 cm³/mol. The summed E-state index contributed by atoms with van der Waals surface area (Å²) < 4.78 is 14.6. The summed E-state index contributed by atoms with van der Waals surface area (Å²) in [6, 6.07) is 0. The molecule has 0 N–H and O–H groups in total. The Morgan fingerprint density at radius 2 is 1.56 bits per heavy atom. The van der Waals surface area contributed by atoms with Gasteiger partial charge in [0.1, 0.15) is 5.67 Å². The number of halogens is 1. The monoisotopic (exact) mass is 228 g/mol. The highest BCUT2D eigenvalue weighted by atomic mass is 19.1. The summed E-state index contributed by atoms with van der Waals surface area (Å²) in [5, 5.41) is 0. The Morgan fingerprint density at radius 3 is 2.12 bits per heavy atom. The minimum absolute atomic E-state index is 0.685. The zero-order valence-corrected chi connectivity index (χ0v) is 10.6. The lowest BCUT2D eigenvalue weighted by molar-refractivity contribution is 0.0209. The predicted octanol–water partition coefficient (Wildman–Crippen LogP) is 2.30. The van der Waals surface area contributed by atoms with Gasteiger partial charge in [0.15, 0.2) is 0 Å². The van der Waals surface area contributed by atoms with Gasteiger partial charge in [0, 0.05) is 19.6 Å². The van der Waals surface area contributed by atoms with Gasteiger partial charge in [-0.05, 0) is 45.3 Å². The van der Waals surface area contributed by atoms with Crippen LogP contribution in [-0.4, -0.2) is 54.7 Å². The van der Waals surface area contributed by atoms with E-state index in [4.69, 9.17) is 0 Å². The van der Waals surface area contributed by atoms with Gasteiger partial charge in [-0.1, -0.05) is 13.3 Å². The molecule has 2 fully saturated rings. The van der Waals surface area contributed by atoms with Crippen molar-refractivity contribution >= 4 is 0 Å². The molecule has 2 saturated heterocycles. The molecule has 2 heterocycles. The van der Waals surface area contributed by atoms with Gasteiger partial charge in [0.25, 0.3) is 0 Å². The Morgan fingerprint density at radius 1 is 0.938 bits per heavy atom. The van der Waals surface area contributed by atoms with Crippen LogP contribution in [0.25, 0.3) is 0 Å². The van der Waals surface area contributed by atoms with Crippen molar-refractivity contribution in [3.8, 4) is 0 Å². The molecule has 0 aromatic rings. The molecule has 0 atom stereocenters. The zero-order valence-electron chi connectivity index (χ0n) is 10.6. The third-order valence-corrected chi connectivity index (χ3v) is 4.16. The standard InChI is InChI=1S/C13H25FN2/c1-2-15-10-6-13(14,7-11-15)12-16-8-4-3-5-9-16/h2-12H2,1H3. The first-order valence-electron chi connectivity index (χ1n) is 6.85. The van der Waals surface area contributed by atoms with Crippen LogP contribution in [0.4, 0.5) is 4.39 Å². The lowest BCUT2D eigenvalue weighted by atomic mass is 9.92. The molecule has 3 heteroatoms. The number of rotatable bonds is 3. The van der Waals surface area contributed by atoms with Crippen molar-refractivity contribution in [3.05, 3.63) is 0 Å². The highest BCUT2D eigenvalue weighted by molar-refractivity contribution is 4.89. The van der Waals surface area contributed by atoms with Gasteiger partial charge < -0.3 is 9.80 Å². The number of nitrogens with zero attached hydrogens (tertiary/aromatic N) is 2. The van der Waals surface area contributed by atoms with Crippen molar-refractivity contribution in [2.45, 2.75) is 44.7 Å². The molecular weight excluding hydrogens is 203 g/mol. The first-order chi connectivity index (χ1) is 7.72. The van der Waals surface area contributed by atoms with Gasteiger partial charge in [0.2, 0.25) is 0 Å². The molecule has 16 heavy (non-hydrogen) atoms. The minimum Gasteiger partial charge on any atom is -0.303 e. The maximum atomic E-state index is 14.6. The Balaban J connectivity index is 1.79. The van der Waals surface area contributed by atoms with Crippen molar-refractivity contribution in [1.29, 1.82) is 0 Å². The summed E-state index contributed by atoms with van der Waals surface area (Å²) >= 11 is 0. The van der Waals surface area contributed by atoms with E-state index in [1.165, 1.54) is 19.3 Å². The molecule has 2 rings (SSSR count). The number of hydrogen-bond acceptors (Lipinski definition) is 2. The fourth-order valence-electron chi connectivity index (χ4n) is 2.95. The van der Waals surface area contributed by atoms with Crippen molar-refractivity contribution in [1.82, 2.24) is 9.80 Å². The Bertz CT molecular complexity index is 206. The van der Waals surface area contributed by atoms with E-state index in [9.17, 15) is 4.39 Å². The van der Waals surface area contributed by atoms with Crippen LogP contribution >= 0.6 is 0 Å². The van der Waals surface area contributed by atoms with Crippen LogP contribution in [-0.2, 0) is 0 Å². The molecule has 0 spiro atoms. The van der Waals surface area contributed by atoms with Crippen LogP contribution in [0.5, 0.6) is 0 Å². The number of likely N-dealkylation sites (tertiary alicyclic amines) is 2. The topological polar surface area (TPSA) is 6.48 Å². The summed E-state index contributed by atoms with van der Waals surface area (Å²) in [7, 11) is 0. The second-order valence-electron chi connectivity index (χ2n) is 5.42. The molecule has 0 bridgehead atoms. The molecule has 0 aliphatic carbocycles. The van der Waals surface area contributed by atoms with Gasteiger partial charge in [-0.2, -0.15) is 0 Å². The van der Waals surface area contributed by atoms with E-state index in [-0.39, 0.29) is 0 Å². The van der Waals surface area contributed by atoms with Crippen molar-refractivity contribution < 1.29 is 4.39 Å². The third-order valence-electron chi connectivity index (χ3n) is 4.16. The highest BCUT2D eigenvalue weighted by Crippen LogP contribution is 2.28.